The van der Waals surface area contributed by atoms with Gasteiger partial charge in [0.25, 0.3) is 0 Å². The summed E-state index contributed by atoms with van der Waals surface area (Å²) < 4.78 is 50.2. The van der Waals surface area contributed by atoms with Crippen molar-refractivity contribution in [1.82, 2.24) is 4.31 Å². The quantitative estimate of drug-likeness (QED) is 0.747. The molecular weight excluding hydrogens is 370 g/mol. The van der Waals surface area contributed by atoms with Gasteiger partial charge in [-0.05, 0) is 36.1 Å². The van der Waals surface area contributed by atoms with Crippen LogP contribution in [0.1, 0.15) is 25.8 Å². The third kappa shape index (κ3) is 5.31. The van der Waals surface area contributed by atoms with Crippen molar-refractivity contribution in [2.75, 3.05) is 18.1 Å². The molecule has 0 unspecified atom stereocenters. The lowest BCUT2D eigenvalue weighted by molar-refractivity contribution is 0.311. The summed E-state index contributed by atoms with van der Waals surface area (Å²) in [4.78, 5) is 0. The van der Waals surface area contributed by atoms with Crippen LogP contribution in [0.15, 0.2) is 29.7 Å². The molecule has 1 saturated heterocycles. The molecule has 1 fully saturated rings. The van der Waals surface area contributed by atoms with Crippen LogP contribution in [0.3, 0.4) is 0 Å². The highest BCUT2D eigenvalue weighted by Gasteiger charge is 2.37. The topological polar surface area (TPSA) is 71.5 Å². The van der Waals surface area contributed by atoms with Crippen LogP contribution >= 0.6 is 11.6 Å². The molecule has 1 aromatic carbocycles. The van der Waals surface area contributed by atoms with E-state index in [2.05, 4.69) is 0 Å². The van der Waals surface area contributed by atoms with Gasteiger partial charge >= 0.3 is 0 Å². The zero-order valence-corrected chi connectivity index (χ0v) is 16.1. The fraction of sp³-hybridized carbons (Fsp3) is 0.500. The minimum absolute atomic E-state index is 0.0443. The van der Waals surface area contributed by atoms with E-state index in [9.17, 15) is 16.8 Å². The normalized spacial score (nSPS) is 21.1. The molecule has 0 aliphatic carbocycles. The van der Waals surface area contributed by atoms with Crippen LogP contribution in [0.4, 0.5) is 0 Å². The van der Waals surface area contributed by atoms with Crippen molar-refractivity contribution in [3.05, 3.63) is 40.3 Å². The van der Waals surface area contributed by atoms with Crippen LogP contribution < -0.4 is 0 Å². The maximum absolute atomic E-state index is 12.7. The van der Waals surface area contributed by atoms with Gasteiger partial charge in [-0.15, -0.1) is 0 Å². The molecule has 0 spiro atoms. The number of benzene rings is 1. The molecule has 1 aromatic rings. The smallest absolute Gasteiger partial charge is 0.229 e. The summed E-state index contributed by atoms with van der Waals surface area (Å²) >= 11 is 5.81. The fourth-order valence-electron chi connectivity index (χ4n) is 2.64. The molecular formula is C16H22ClNO4S2. The molecule has 0 bridgehead atoms. The summed E-state index contributed by atoms with van der Waals surface area (Å²) in [6, 6.07) is 6.33. The lowest BCUT2D eigenvalue weighted by atomic mass is 10.2. The maximum atomic E-state index is 12.7. The Balaban J connectivity index is 2.25. The molecule has 0 amide bonds. The van der Waals surface area contributed by atoms with Crippen molar-refractivity contribution in [2.45, 2.75) is 26.3 Å². The Morgan fingerprint density at radius 2 is 1.92 bits per heavy atom. The molecule has 0 radical (unpaired) electrons. The highest BCUT2D eigenvalue weighted by atomic mass is 35.5. The van der Waals surface area contributed by atoms with Crippen LogP contribution in [0, 0.1) is 5.92 Å². The van der Waals surface area contributed by atoms with Gasteiger partial charge in [-0.1, -0.05) is 37.6 Å². The molecule has 134 valence electrons. The van der Waals surface area contributed by atoms with E-state index in [0.29, 0.717) is 23.6 Å². The van der Waals surface area contributed by atoms with Gasteiger partial charge in [0, 0.05) is 23.0 Å². The number of rotatable bonds is 6. The van der Waals surface area contributed by atoms with E-state index in [0.717, 1.165) is 5.41 Å². The van der Waals surface area contributed by atoms with E-state index in [4.69, 9.17) is 11.6 Å². The summed E-state index contributed by atoms with van der Waals surface area (Å²) in [6.45, 7) is 4.12. The minimum Gasteiger partial charge on any atom is -0.229 e. The molecule has 0 N–H and O–H groups in total. The van der Waals surface area contributed by atoms with Gasteiger partial charge in [-0.25, -0.2) is 16.8 Å². The van der Waals surface area contributed by atoms with Crippen LogP contribution in [0.5, 0.6) is 0 Å². The first-order valence-electron chi connectivity index (χ1n) is 7.75. The molecule has 24 heavy (non-hydrogen) atoms. The van der Waals surface area contributed by atoms with Crippen molar-refractivity contribution >= 4 is 37.5 Å². The summed E-state index contributed by atoms with van der Waals surface area (Å²) in [5.74, 6) is 0.0446. The van der Waals surface area contributed by atoms with Gasteiger partial charge in [0.2, 0.25) is 10.0 Å². The molecule has 1 aliphatic heterocycles. The van der Waals surface area contributed by atoms with Gasteiger partial charge in [0.15, 0.2) is 9.84 Å². The Morgan fingerprint density at radius 3 is 2.42 bits per heavy atom. The van der Waals surface area contributed by atoms with Gasteiger partial charge in [-0.3, -0.25) is 0 Å². The van der Waals surface area contributed by atoms with Crippen LogP contribution in [-0.2, 0) is 19.9 Å². The Kier molecular flexibility index (Phi) is 6.12. The fourth-order valence-corrected chi connectivity index (χ4v) is 6.18. The van der Waals surface area contributed by atoms with E-state index in [-0.39, 0.29) is 17.4 Å². The van der Waals surface area contributed by atoms with Crippen LogP contribution in [0.25, 0.3) is 6.08 Å². The molecule has 1 heterocycles. The predicted molar refractivity (Wildman–Crippen MR) is 98.0 cm³/mol. The van der Waals surface area contributed by atoms with E-state index in [1.165, 1.54) is 10.4 Å². The zero-order valence-electron chi connectivity index (χ0n) is 13.7. The maximum Gasteiger partial charge on any atom is 0.236 e. The lowest BCUT2D eigenvalue weighted by Gasteiger charge is -2.27. The second-order valence-corrected chi connectivity index (χ2v) is 10.9. The van der Waals surface area contributed by atoms with Crippen molar-refractivity contribution < 1.29 is 16.8 Å². The van der Waals surface area contributed by atoms with Crippen LogP contribution in [0.2, 0.25) is 5.02 Å². The largest absolute Gasteiger partial charge is 0.236 e. The molecule has 2 rings (SSSR count). The van der Waals surface area contributed by atoms with Gasteiger partial charge in [-0.2, -0.15) is 4.31 Å². The number of sulfonamides is 1. The standard InChI is InChI=1S/C16H22ClNO4S2/c1-13(2)11-18(16-8-9-23(19,20)12-16)24(21,22)10-7-14-3-5-15(17)6-4-14/h3-7,10,13,16H,8-9,11-12H2,1-2H3/b10-7+/t16-/m1/s1. The minimum atomic E-state index is -3.70. The summed E-state index contributed by atoms with van der Waals surface area (Å²) in [5.41, 5.74) is 0.714. The van der Waals surface area contributed by atoms with E-state index < -0.39 is 25.9 Å². The lowest BCUT2D eigenvalue weighted by Crippen LogP contribution is -2.42. The Labute approximate surface area is 149 Å². The van der Waals surface area contributed by atoms with Gasteiger partial charge in [0.1, 0.15) is 0 Å². The van der Waals surface area contributed by atoms with E-state index >= 15 is 0 Å². The van der Waals surface area contributed by atoms with Gasteiger partial charge < -0.3 is 0 Å². The number of sulfone groups is 1. The van der Waals surface area contributed by atoms with Crippen LogP contribution in [-0.4, -0.2) is 45.2 Å². The second kappa shape index (κ2) is 7.56. The van der Waals surface area contributed by atoms with E-state index in [1.54, 1.807) is 24.3 Å². The first-order chi connectivity index (χ1) is 11.1. The van der Waals surface area contributed by atoms with Crippen molar-refractivity contribution in [3.63, 3.8) is 0 Å². The number of hydrogen-bond acceptors (Lipinski definition) is 4. The number of nitrogens with zero attached hydrogens (tertiary/aromatic N) is 1. The highest BCUT2D eigenvalue weighted by Crippen LogP contribution is 2.23. The van der Waals surface area contributed by atoms with Crippen molar-refractivity contribution in [3.8, 4) is 0 Å². The second-order valence-electron chi connectivity index (χ2n) is 6.42. The first kappa shape index (κ1) is 19.4. The Hall–Kier alpha value is -0.890. The molecule has 1 atom stereocenters. The van der Waals surface area contributed by atoms with E-state index in [1.807, 2.05) is 13.8 Å². The third-order valence-corrected chi connectivity index (χ3v) is 7.37. The Morgan fingerprint density at radius 1 is 1.29 bits per heavy atom. The molecule has 5 nitrogen and oxygen atoms in total. The summed E-state index contributed by atoms with van der Waals surface area (Å²) in [5, 5.41) is 1.72. The number of halogens is 1. The molecule has 1 aliphatic rings. The summed E-state index contributed by atoms with van der Waals surface area (Å²) in [7, 11) is -6.86. The first-order valence-corrected chi connectivity index (χ1v) is 11.5. The Bertz CT molecular complexity index is 799. The zero-order chi connectivity index (χ0) is 18.0. The number of hydrogen-bond donors (Lipinski definition) is 0. The molecule has 0 saturated carbocycles. The summed E-state index contributed by atoms with van der Waals surface area (Å²) in [6.07, 6.45) is 1.85. The SMILES string of the molecule is CC(C)CN([C@@H]1CCS(=O)(=O)C1)S(=O)(=O)/C=C/c1ccc(Cl)cc1. The van der Waals surface area contributed by atoms with Crippen molar-refractivity contribution in [1.29, 1.82) is 0 Å². The average molecular weight is 392 g/mol. The monoisotopic (exact) mass is 391 g/mol. The average Bonchev–Trinajstić information content (AvgIpc) is 2.84. The highest BCUT2D eigenvalue weighted by molar-refractivity contribution is 7.93. The van der Waals surface area contributed by atoms with Gasteiger partial charge in [0.05, 0.1) is 11.5 Å². The molecule has 0 aromatic heterocycles. The predicted octanol–water partition coefficient (Wildman–Crippen LogP) is 2.79. The third-order valence-electron chi connectivity index (χ3n) is 3.79. The van der Waals surface area contributed by atoms with Crippen molar-refractivity contribution in [2.24, 2.45) is 5.92 Å². The molecule has 8 heteroatoms.